The summed E-state index contributed by atoms with van der Waals surface area (Å²) in [6.07, 6.45) is 0.469. The predicted molar refractivity (Wildman–Crippen MR) is 91.5 cm³/mol. The molecule has 4 nitrogen and oxygen atoms in total. The molecular formula is C18H31NO3. The number of hydrogen-bond donors (Lipinski definition) is 0. The number of hydrogen-bond acceptors (Lipinski definition) is 3. The van der Waals surface area contributed by atoms with E-state index in [1.54, 1.807) is 11.9 Å². The van der Waals surface area contributed by atoms with Crippen LogP contribution in [0.3, 0.4) is 0 Å². The maximum atomic E-state index is 11.7. The first-order valence-corrected chi connectivity index (χ1v) is 7.91. The number of aryl methyl sites for hydroxylation is 1. The van der Waals surface area contributed by atoms with E-state index in [0.717, 1.165) is 12.2 Å². The van der Waals surface area contributed by atoms with E-state index in [1.807, 2.05) is 65.8 Å². The van der Waals surface area contributed by atoms with E-state index in [2.05, 4.69) is 0 Å². The van der Waals surface area contributed by atoms with Crippen LogP contribution in [0.2, 0.25) is 0 Å². The fourth-order valence-electron chi connectivity index (χ4n) is 1.63. The first-order valence-electron chi connectivity index (χ1n) is 7.91. The van der Waals surface area contributed by atoms with Gasteiger partial charge in [-0.3, -0.25) is 0 Å². The summed E-state index contributed by atoms with van der Waals surface area (Å²) >= 11 is 0. The number of nitrogens with zero attached hydrogens (tertiary/aromatic N) is 1. The molecule has 0 bridgehead atoms. The first-order chi connectivity index (χ1) is 10.3. The van der Waals surface area contributed by atoms with Crippen LogP contribution < -0.4 is 4.74 Å². The minimum atomic E-state index is -0.455. The number of ether oxygens (including phenoxy) is 2. The highest BCUT2D eigenvalue weighted by molar-refractivity contribution is 5.67. The second-order valence-corrected chi connectivity index (χ2v) is 5.92. The molecule has 0 aliphatic rings. The zero-order valence-corrected chi connectivity index (χ0v) is 15.1. The van der Waals surface area contributed by atoms with Crippen LogP contribution in [0.1, 0.15) is 46.6 Å². The lowest BCUT2D eigenvalue weighted by atomic mass is 10.2. The molecule has 0 saturated carbocycles. The Bertz CT molecular complexity index is 438. The Morgan fingerprint density at radius 1 is 1.23 bits per heavy atom. The lowest BCUT2D eigenvalue weighted by Crippen LogP contribution is -2.35. The molecule has 4 heteroatoms. The molecular weight excluding hydrogens is 278 g/mol. The SMILES string of the molecule is CC.Cc1cccc(OCCCN(C)C(=O)OC(C)(C)C)c1. The van der Waals surface area contributed by atoms with Crippen molar-refractivity contribution < 1.29 is 14.3 Å². The summed E-state index contributed by atoms with van der Waals surface area (Å²) < 4.78 is 10.9. The fourth-order valence-corrected chi connectivity index (χ4v) is 1.63. The van der Waals surface area contributed by atoms with Gasteiger partial charge in [-0.15, -0.1) is 0 Å². The van der Waals surface area contributed by atoms with Crippen molar-refractivity contribution in [2.45, 2.75) is 53.6 Å². The average Bonchev–Trinajstić information content (AvgIpc) is 2.44. The van der Waals surface area contributed by atoms with Crippen molar-refractivity contribution >= 4 is 6.09 Å². The molecule has 0 atom stereocenters. The fraction of sp³-hybridized carbons (Fsp3) is 0.611. The molecule has 0 radical (unpaired) electrons. The molecule has 1 aromatic carbocycles. The molecule has 126 valence electrons. The molecule has 1 amide bonds. The van der Waals surface area contributed by atoms with Crippen molar-refractivity contribution in [1.82, 2.24) is 4.90 Å². The van der Waals surface area contributed by atoms with Crippen LogP contribution in [-0.4, -0.2) is 36.8 Å². The molecule has 0 fully saturated rings. The largest absolute Gasteiger partial charge is 0.494 e. The molecule has 0 unspecified atom stereocenters. The lowest BCUT2D eigenvalue weighted by Gasteiger charge is -2.24. The minimum absolute atomic E-state index is 0.298. The summed E-state index contributed by atoms with van der Waals surface area (Å²) in [4.78, 5) is 13.3. The van der Waals surface area contributed by atoms with Crippen molar-refractivity contribution in [3.8, 4) is 5.75 Å². The highest BCUT2D eigenvalue weighted by Gasteiger charge is 2.19. The van der Waals surface area contributed by atoms with Crippen LogP contribution in [0.25, 0.3) is 0 Å². The minimum Gasteiger partial charge on any atom is -0.494 e. The Hall–Kier alpha value is -1.71. The maximum Gasteiger partial charge on any atom is 0.410 e. The van der Waals surface area contributed by atoms with E-state index in [4.69, 9.17) is 9.47 Å². The van der Waals surface area contributed by atoms with Crippen molar-refractivity contribution in [1.29, 1.82) is 0 Å². The second kappa shape index (κ2) is 10.1. The van der Waals surface area contributed by atoms with Gasteiger partial charge in [0.25, 0.3) is 0 Å². The van der Waals surface area contributed by atoms with Crippen LogP contribution in [0.5, 0.6) is 5.75 Å². The second-order valence-electron chi connectivity index (χ2n) is 5.92. The van der Waals surface area contributed by atoms with Gasteiger partial charge in [-0.25, -0.2) is 4.79 Å². The van der Waals surface area contributed by atoms with E-state index in [0.29, 0.717) is 13.2 Å². The van der Waals surface area contributed by atoms with Gasteiger partial charge >= 0.3 is 6.09 Å². The third kappa shape index (κ3) is 9.27. The van der Waals surface area contributed by atoms with Gasteiger partial charge in [0.1, 0.15) is 11.4 Å². The van der Waals surface area contributed by atoms with E-state index in [9.17, 15) is 4.79 Å². The van der Waals surface area contributed by atoms with Gasteiger partial charge < -0.3 is 14.4 Å². The highest BCUT2D eigenvalue weighted by Crippen LogP contribution is 2.13. The van der Waals surface area contributed by atoms with Gasteiger partial charge in [0, 0.05) is 13.6 Å². The Morgan fingerprint density at radius 2 is 1.86 bits per heavy atom. The molecule has 0 N–H and O–H groups in total. The highest BCUT2D eigenvalue weighted by atomic mass is 16.6. The van der Waals surface area contributed by atoms with E-state index in [1.165, 1.54) is 5.56 Å². The molecule has 0 aliphatic carbocycles. The molecule has 0 saturated heterocycles. The smallest absolute Gasteiger partial charge is 0.410 e. The summed E-state index contributed by atoms with van der Waals surface area (Å²) in [5, 5.41) is 0. The van der Waals surface area contributed by atoms with Crippen molar-refractivity contribution in [3.05, 3.63) is 29.8 Å². The topological polar surface area (TPSA) is 38.8 Å². The van der Waals surface area contributed by atoms with Crippen molar-refractivity contribution in [2.24, 2.45) is 0 Å². The van der Waals surface area contributed by atoms with E-state index < -0.39 is 5.60 Å². The average molecular weight is 309 g/mol. The summed E-state index contributed by atoms with van der Waals surface area (Å²) in [5.41, 5.74) is 0.719. The third-order valence-electron chi connectivity index (χ3n) is 2.60. The first kappa shape index (κ1) is 20.3. The standard InChI is InChI=1S/C16H25NO3.C2H6/c1-13-8-6-9-14(12-13)19-11-7-10-17(5)15(18)20-16(2,3)4;1-2/h6,8-9,12H,7,10-11H2,1-5H3;1-2H3. The van der Waals surface area contributed by atoms with E-state index in [-0.39, 0.29) is 6.09 Å². The van der Waals surface area contributed by atoms with Crippen LogP contribution in [0.4, 0.5) is 4.79 Å². The van der Waals surface area contributed by atoms with Crippen LogP contribution in [-0.2, 0) is 4.74 Å². The normalized spacial score (nSPS) is 10.3. The Kier molecular flexibility index (Phi) is 9.31. The van der Waals surface area contributed by atoms with Crippen molar-refractivity contribution in [3.63, 3.8) is 0 Å². The lowest BCUT2D eigenvalue weighted by molar-refractivity contribution is 0.0292. The van der Waals surface area contributed by atoms with Gasteiger partial charge in [-0.05, 0) is 51.8 Å². The molecule has 0 spiro atoms. The third-order valence-corrected chi connectivity index (χ3v) is 2.60. The van der Waals surface area contributed by atoms with Crippen molar-refractivity contribution in [2.75, 3.05) is 20.2 Å². The maximum absolute atomic E-state index is 11.7. The molecule has 0 heterocycles. The van der Waals surface area contributed by atoms with Crippen LogP contribution in [0.15, 0.2) is 24.3 Å². The van der Waals surface area contributed by atoms with Crippen LogP contribution in [0, 0.1) is 6.92 Å². The number of carbonyl (C=O) groups excluding carboxylic acids is 1. The summed E-state index contributed by atoms with van der Waals surface area (Å²) in [6.45, 7) is 12.8. The molecule has 0 aliphatic heterocycles. The quantitative estimate of drug-likeness (QED) is 0.743. The number of rotatable bonds is 5. The molecule has 1 rings (SSSR count). The predicted octanol–water partition coefficient (Wildman–Crippen LogP) is 4.66. The number of carbonyl (C=O) groups is 1. The number of amides is 1. The van der Waals surface area contributed by atoms with Gasteiger partial charge in [-0.1, -0.05) is 26.0 Å². The van der Waals surface area contributed by atoms with E-state index >= 15 is 0 Å². The van der Waals surface area contributed by atoms with Gasteiger partial charge in [-0.2, -0.15) is 0 Å². The monoisotopic (exact) mass is 309 g/mol. The van der Waals surface area contributed by atoms with Gasteiger partial charge in [0.2, 0.25) is 0 Å². The number of benzene rings is 1. The summed E-state index contributed by atoms with van der Waals surface area (Å²) in [7, 11) is 1.74. The molecule has 0 aromatic heterocycles. The molecule has 22 heavy (non-hydrogen) atoms. The summed E-state index contributed by atoms with van der Waals surface area (Å²) in [6, 6.07) is 7.93. The van der Waals surface area contributed by atoms with Gasteiger partial charge in [0.05, 0.1) is 6.61 Å². The summed E-state index contributed by atoms with van der Waals surface area (Å²) in [5.74, 6) is 0.866. The molecule has 1 aromatic rings. The Labute approximate surface area is 135 Å². The van der Waals surface area contributed by atoms with Crippen LogP contribution >= 0.6 is 0 Å². The zero-order chi connectivity index (χ0) is 17.2. The van der Waals surface area contributed by atoms with Gasteiger partial charge in [0.15, 0.2) is 0 Å². The Morgan fingerprint density at radius 3 is 2.41 bits per heavy atom. The Balaban J connectivity index is 0.00000211. The zero-order valence-electron chi connectivity index (χ0n) is 15.1.